The first-order valence-electron chi connectivity index (χ1n) is 7.60. The van der Waals surface area contributed by atoms with E-state index in [9.17, 15) is 4.79 Å². The number of carbonyl (C=O) groups is 1. The third-order valence-corrected chi connectivity index (χ3v) is 4.00. The summed E-state index contributed by atoms with van der Waals surface area (Å²) in [5.74, 6) is -0.0217. The number of hydrogen-bond donors (Lipinski definition) is 2. The number of hydrogen-bond acceptors (Lipinski definition) is 4. The molecule has 1 aliphatic heterocycles. The minimum atomic E-state index is -0.0383. The molecule has 2 rings (SSSR count). The van der Waals surface area contributed by atoms with Gasteiger partial charge in [0, 0.05) is 24.7 Å². The van der Waals surface area contributed by atoms with Gasteiger partial charge in [-0.1, -0.05) is 23.7 Å². The molecule has 6 heteroatoms. The van der Waals surface area contributed by atoms with Gasteiger partial charge in [0.2, 0.25) is 5.91 Å². The molecular formula is C16H24ClN3O2. The van der Waals surface area contributed by atoms with E-state index in [-0.39, 0.29) is 18.1 Å². The molecule has 1 aliphatic rings. The number of amides is 1. The molecule has 0 spiro atoms. The van der Waals surface area contributed by atoms with Gasteiger partial charge in [0.1, 0.15) is 0 Å². The number of nitrogens with zero attached hydrogens (tertiary/aromatic N) is 1. The Hall–Kier alpha value is -1.14. The topological polar surface area (TPSA) is 53.6 Å². The summed E-state index contributed by atoms with van der Waals surface area (Å²) < 4.78 is 5.64. The summed E-state index contributed by atoms with van der Waals surface area (Å²) in [5, 5.41) is 6.82. The van der Waals surface area contributed by atoms with Crippen molar-refractivity contribution in [3.63, 3.8) is 0 Å². The molecule has 22 heavy (non-hydrogen) atoms. The molecule has 0 saturated carbocycles. The Bertz CT molecular complexity index is 481. The minimum absolute atomic E-state index is 0.0217. The molecule has 0 aromatic heterocycles. The highest BCUT2D eigenvalue weighted by atomic mass is 35.5. The van der Waals surface area contributed by atoms with Gasteiger partial charge in [-0.15, -0.1) is 0 Å². The van der Waals surface area contributed by atoms with Crippen LogP contribution in [0.4, 0.5) is 0 Å². The number of ether oxygens (including phenoxy) is 1. The van der Waals surface area contributed by atoms with Gasteiger partial charge in [-0.05, 0) is 31.7 Å². The SMILES string of the molecule is CC(NC(=O)CNCC1CN(C)CCO1)c1ccc(Cl)cc1. The van der Waals surface area contributed by atoms with Gasteiger partial charge in [-0.2, -0.15) is 0 Å². The predicted molar refractivity (Wildman–Crippen MR) is 88.1 cm³/mol. The zero-order valence-corrected chi connectivity index (χ0v) is 13.9. The average molecular weight is 326 g/mol. The lowest BCUT2D eigenvalue weighted by Gasteiger charge is -2.30. The molecule has 1 saturated heterocycles. The normalized spacial score (nSPS) is 20.6. The average Bonchev–Trinajstić information content (AvgIpc) is 2.48. The van der Waals surface area contributed by atoms with E-state index >= 15 is 0 Å². The zero-order chi connectivity index (χ0) is 15.9. The lowest BCUT2D eigenvalue weighted by atomic mass is 10.1. The first kappa shape index (κ1) is 17.2. The summed E-state index contributed by atoms with van der Waals surface area (Å²) in [4.78, 5) is 14.2. The highest BCUT2D eigenvalue weighted by molar-refractivity contribution is 6.30. The Morgan fingerprint density at radius 3 is 2.86 bits per heavy atom. The Labute approximate surface area is 137 Å². The summed E-state index contributed by atoms with van der Waals surface area (Å²) in [6.45, 7) is 5.56. The Morgan fingerprint density at radius 2 is 2.18 bits per heavy atom. The molecule has 122 valence electrons. The van der Waals surface area contributed by atoms with Crippen molar-refractivity contribution >= 4 is 17.5 Å². The molecule has 1 amide bonds. The van der Waals surface area contributed by atoms with Crippen molar-refractivity contribution < 1.29 is 9.53 Å². The maximum atomic E-state index is 11.9. The van der Waals surface area contributed by atoms with E-state index in [0.717, 1.165) is 25.3 Å². The molecule has 0 radical (unpaired) electrons. The van der Waals surface area contributed by atoms with Crippen LogP contribution >= 0.6 is 11.6 Å². The van der Waals surface area contributed by atoms with E-state index in [1.165, 1.54) is 0 Å². The van der Waals surface area contributed by atoms with E-state index in [0.29, 0.717) is 18.1 Å². The van der Waals surface area contributed by atoms with Crippen molar-refractivity contribution in [2.75, 3.05) is 39.8 Å². The van der Waals surface area contributed by atoms with E-state index in [4.69, 9.17) is 16.3 Å². The number of benzene rings is 1. The molecule has 2 atom stereocenters. The summed E-state index contributed by atoms with van der Waals surface area (Å²) in [6, 6.07) is 7.46. The van der Waals surface area contributed by atoms with E-state index in [1.54, 1.807) is 0 Å². The smallest absolute Gasteiger partial charge is 0.234 e. The molecular weight excluding hydrogens is 302 g/mol. The Kier molecular flexibility index (Phi) is 6.64. The molecule has 1 fully saturated rings. The van der Waals surface area contributed by atoms with Gasteiger partial charge in [-0.3, -0.25) is 4.79 Å². The Balaban J connectivity index is 1.68. The third kappa shape index (κ3) is 5.57. The van der Waals surface area contributed by atoms with Crippen LogP contribution in [0.2, 0.25) is 5.02 Å². The molecule has 1 aromatic rings. The second-order valence-corrected chi connectivity index (χ2v) is 6.16. The maximum Gasteiger partial charge on any atom is 0.234 e. The molecule has 0 bridgehead atoms. The molecule has 2 N–H and O–H groups in total. The largest absolute Gasteiger partial charge is 0.374 e. The fraction of sp³-hybridized carbons (Fsp3) is 0.562. The van der Waals surface area contributed by atoms with Crippen LogP contribution in [0.1, 0.15) is 18.5 Å². The fourth-order valence-corrected chi connectivity index (χ4v) is 2.59. The molecule has 1 heterocycles. The van der Waals surface area contributed by atoms with E-state index in [1.807, 2.05) is 31.2 Å². The molecule has 0 aliphatic carbocycles. The van der Waals surface area contributed by atoms with Gasteiger partial charge >= 0.3 is 0 Å². The number of carbonyl (C=O) groups excluding carboxylic acids is 1. The number of morpholine rings is 1. The lowest BCUT2D eigenvalue weighted by molar-refractivity contribution is -0.121. The summed E-state index contributed by atoms with van der Waals surface area (Å²) in [6.07, 6.45) is 0.153. The van der Waals surface area contributed by atoms with Crippen molar-refractivity contribution in [2.24, 2.45) is 0 Å². The lowest BCUT2D eigenvalue weighted by Crippen LogP contribution is -2.46. The van der Waals surface area contributed by atoms with Crippen LogP contribution in [-0.2, 0) is 9.53 Å². The van der Waals surface area contributed by atoms with Gasteiger partial charge < -0.3 is 20.3 Å². The van der Waals surface area contributed by atoms with Crippen LogP contribution in [0.25, 0.3) is 0 Å². The molecule has 1 aromatic carbocycles. The number of halogens is 1. The van der Waals surface area contributed by atoms with Crippen LogP contribution in [0.3, 0.4) is 0 Å². The monoisotopic (exact) mass is 325 g/mol. The first-order valence-corrected chi connectivity index (χ1v) is 7.98. The van der Waals surface area contributed by atoms with Crippen LogP contribution in [-0.4, -0.2) is 56.7 Å². The highest BCUT2D eigenvalue weighted by Crippen LogP contribution is 2.15. The maximum absolute atomic E-state index is 11.9. The van der Waals surface area contributed by atoms with Crippen molar-refractivity contribution in [3.05, 3.63) is 34.9 Å². The van der Waals surface area contributed by atoms with E-state index in [2.05, 4.69) is 22.6 Å². The minimum Gasteiger partial charge on any atom is -0.374 e. The van der Waals surface area contributed by atoms with Crippen LogP contribution < -0.4 is 10.6 Å². The van der Waals surface area contributed by atoms with Gasteiger partial charge in [0.15, 0.2) is 0 Å². The predicted octanol–water partition coefficient (Wildman–Crippen LogP) is 1.44. The van der Waals surface area contributed by atoms with Crippen molar-refractivity contribution in [3.8, 4) is 0 Å². The van der Waals surface area contributed by atoms with Crippen LogP contribution in [0.15, 0.2) is 24.3 Å². The number of rotatable bonds is 6. The fourth-order valence-electron chi connectivity index (χ4n) is 2.46. The van der Waals surface area contributed by atoms with Gasteiger partial charge in [-0.25, -0.2) is 0 Å². The van der Waals surface area contributed by atoms with Crippen molar-refractivity contribution in [1.29, 1.82) is 0 Å². The summed E-state index contributed by atoms with van der Waals surface area (Å²) in [5.41, 5.74) is 1.04. The second-order valence-electron chi connectivity index (χ2n) is 5.73. The number of nitrogens with one attached hydrogen (secondary N) is 2. The van der Waals surface area contributed by atoms with Crippen LogP contribution in [0.5, 0.6) is 0 Å². The summed E-state index contributed by atoms with van der Waals surface area (Å²) in [7, 11) is 2.08. The highest BCUT2D eigenvalue weighted by Gasteiger charge is 2.17. The second kappa shape index (κ2) is 8.48. The zero-order valence-electron chi connectivity index (χ0n) is 13.1. The molecule has 5 nitrogen and oxygen atoms in total. The van der Waals surface area contributed by atoms with Crippen molar-refractivity contribution in [1.82, 2.24) is 15.5 Å². The van der Waals surface area contributed by atoms with Gasteiger partial charge in [0.25, 0.3) is 0 Å². The third-order valence-electron chi connectivity index (χ3n) is 3.75. The number of likely N-dealkylation sites (N-methyl/N-ethyl adjacent to an activating group) is 1. The van der Waals surface area contributed by atoms with Crippen LogP contribution in [0, 0.1) is 0 Å². The quantitative estimate of drug-likeness (QED) is 0.831. The Morgan fingerprint density at radius 1 is 1.45 bits per heavy atom. The van der Waals surface area contributed by atoms with Gasteiger partial charge in [0.05, 0.1) is 25.3 Å². The van der Waals surface area contributed by atoms with E-state index < -0.39 is 0 Å². The summed E-state index contributed by atoms with van der Waals surface area (Å²) >= 11 is 5.86. The molecule has 2 unspecified atom stereocenters. The first-order chi connectivity index (χ1) is 10.5. The van der Waals surface area contributed by atoms with Crippen molar-refractivity contribution in [2.45, 2.75) is 19.1 Å². The standard InChI is InChI=1S/C16H24ClN3O2/c1-12(13-3-5-14(17)6-4-13)19-16(21)10-18-9-15-11-20(2)7-8-22-15/h3-6,12,15,18H,7-11H2,1-2H3,(H,19,21).